The molecule has 0 saturated carbocycles. The smallest absolute Gasteiger partial charge is 0.135 e. The number of para-hydroxylation sites is 3. The lowest BCUT2D eigenvalue weighted by atomic mass is 9.78. The molecule has 378 valence electrons. The highest BCUT2D eigenvalue weighted by atomic mass is 16.3. The molecule has 2 heterocycles. The Labute approximate surface area is 469 Å². The van der Waals surface area contributed by atoms with Gasteiger partial charge in [0.05, 0.1) is 16.7 Å². The number of benzene rings is 14. The summed E-state index contributed by atoms with van der Waals surface area (Å²) >= 11 is 0. The summed E-state index contributed by atoms with van der Waals surface area (Å²) in [6.45, 7) is 0. The summed E-state index contributed by atoms with van der Waals surface area (Å²) in [5.41, 5.74) is 20.6. The first-order chi connectivity index (χ1) is 40.2. The zero-order valence-electron chi connectivity index (χ0n) is 44.3. The Morgan fingerprint density at radius 3 is 1.40 bits per heavy atom. The minimum Gasteiger partial charge on any atom is -0.456 e. The predicted octanol–water partition coefficient (Wildman–Crippen LogP) is 21.7. The van der Waals surface area contributed by atoms with Gasteiger partial charge in [-0.3, -0.25) is 0 Å². The lowest BCUT2D eigenvalue weighted by molar-refractivity contribution is 0.669. The van der Waals surface area contributed by atoms with Crippen molar-refractivity contribution in [2.75, 3.05) is 0 Å². The van der Waals surface area contributed by atoms with E-state index < -0.39 is 0 Å². The number of hydrogen-bond donors (Lipinski definition) is 0. The van der Waals surface area contributed by atoms with Crippen LogP contribution in [0.4, 0.5) is 0 Å². The average molecular weight is 1030 g/mol. The SMILES string of the molecule is c1ccc(C(c2ccc(-c3cccc4ccccc34)cc2)c2ccc(-c3cccc4ccccc34)c(-c3ccc4oc5ccccc5c4c3)c2)c(-c2cc(-c3cccc4ccccc34)ccc2-n2c3ccccc3c3ccccc32)c1. The van der Waals surface area contributed by atoms with E-state index in [1.807, 2.05) is 6.07 Å². The first-order valence-electron chi connectivity index (χ1n) is 28.0. The second-order valence-corrected chi connectivity index (χ2v) is 21.4. The van der Waals surface area contributed by atoms with Crippen molar-refractivity contribution < 1.29 is 4.42 Å². The van der Waals surface area contributed by atoms with Gasteiger partial charge in [-0.1, -0.05) is 255 Å². The highest BCUT2D eigenvalue weighted by Crippen LogP contribution is 2.47. The summed E-state index contributed by atoms with van der Waals surface area (Å²) in [4.78, 5) is 0. The Balaban J connectivity index is 0.972. The van der Waals surface area contributed by atoms with Crippen LogP contribution in [0, 0.1) is 0 Å². The van der Waals surface area contributed by atoms with Gasteiger partial charge in [0.1, 0.15) is 11.2 Å². The summed E-state index contributed by atoms with van der Waals surface area (Å²) in [7, 11) is 0. The lowest BCUT2D eigenvalue weighted by Crippen LogP contribution is -2.07. The molecule has 0 aliphatic carbocycles. The molecule has 0 fully saturated rings. The summed E-state index contributed by atoms with van der Waals surface area (Å²) in [5.74, 6) is -0.200. The van der Waals surface area contributed by atoms with E-state index in [1.54, 1.807) is 0 Å². The topological polar surface area (TPSA) is 18.1 Å². The van der Waals surface area contributed by atoms with Crippen molar-refractivity contribution in [1.82, 2.24) is 4.57 Å². The fourth-order valence-electron chi connectivity index (χ4n) is 13.2. The third kappa shape index (κ3) is 7.79. The third-order valence-electron chi connectivity index (χ3n) is 17.0. The van der Waals surface area contributed by atoms with E-state index in [2.05, 4.69) is 302 Å². The van der Waals surface area contributed by atoms with Crippen LogP contribution in [0.1, 0.15) is 22.6 Å². The van der Waals surface area contributed by atoms with Crippen molar-refractivity contribution >= 4 is 76.1 Å². The molecule has 0 bridgehead atoms. The zero-order valence-corrected chi connectivity index (χ0v) is 44.3. The standard InChI is InChI=1S/C79H51NO/c1-4-24-59-51(18-1)21-15-32-61(59)54-38-40-55(41-39-54)79(58-42-45-66(64-34-17-23-53-20-3-6-26-62(53)64)71(50-58)57-44-47-78-73(49-57)69-30-11-14-37-77(69)81-78)70-31-8-7-27-65(70)72-48-56(63-33-16-22-52-19-2-5-25-60(52)63)43-46-76(72)80-74-35-12-9-28-67(74)68-29-10-13-36-75(68)80/h1-50,79H. The third-order valence-corrected chi connectivity index (χ3v) is 17.0. The van der Waals surface area contributed by atoms with Crippen molar-refractivity contribution in [3.8, 4) is 61.3 Å². The van der Waals surface area contributed by atoms with Crippen LogP contribution < -0.4 is 0 Å². The Morgan fingerprint density at radius 1 is 0.247 bits per heavy atom. The van der Waals surface area contributed by atoms with E-state index >= 15 is 0 Å². The van der Waals surface area contributed by atoms with Crippen LogP contribution in [0.2, 0.25) is 0 Å². The van der Waals surface area contributed by atoms with Gasteiger partial charge in [0, 0.05) is 33.0 Å². The summed E-state index contributed by atoms with van der Waals surface area (Å²) in [5, 5.41) is 12.0. The van der Waals surface area contributed by atoms with Gasteiger partial charge in [0.25, 0.3) is 0 Å². The molecule has 0 spiro atoms. The van der Waals surface area contributed by atoms with Crippen molar-refractivity contribution in [3.63, 3.8) is 0 Å². The number of nitrogens with zero attached hydrogens (tertiary/aromatic N) is 1. The van der Waals surface area contributed by atoms with Gasteiger partial charge in [-0.15, -0.1) is 0 Å². The Hall–Kier alpha value is -10.5. The maximum absolute atomic E-state index is 6.45. The van der Waals surface area contributed by atoms with Crippen molar-refractivity contribution in [1.29, 1.82) is 0 Å². The Kier molecular flexibility index (Phi) is 11.0. The van der Waals surface area contributed by atoms with E-state index in [9.17, 15) is 0 Å². The molecule has 0 radical (unpaired) electrons. The Bertz CT molecular complexity index is 5060. The minimum absolute atomic E-state index is 0.200. The largest absolute Gasteiger partial charge is 0.456 e. The van der Waals surface area contributed by atoms with E-state index in [4.69, 9.17) is 4.42 Å². The number of hydrogen-bond acceptors (Lipinski definition) is 1. The van der Waals surface area contributed by atoms with Gasteiger partial charge in [0.2, 0.25) is 0 Å². The van der Waals surface area contributed by atoms with Crippen LogP contribution in [-0.4, -0.2) is 4.57 Å². The zero-order chi connectivity index (χ0) is 53.4. The average Bonchev–Trinajstić information content (AvgIpc) is 4.31. The highest BCUT2D eigenvalue weighted by Gasteiger charge is 2.26. The maximum atomic E-state index is 6.45. The van der Waals surface area contributed by atoms with Gasteiger partial charge in [-0.25, -0.2) is 0 Å². The van der Waals surface area contributed by atoms with Crippen molar-refractivity contribution in [2.45, 2.75) is 5.92 Å². The fraction of sp³-hybridized carbons (Fsp3) is 0.0127. The van der Waals surface area contributed by atoms with Crippen LogP contribution in [0.25, 0.3) is 137 Å². The normalized spacial score (nSPS) is 12.1. The molecular formula is C79H51NO. The van der Waals surface area contributed by atoms with Crippen LogP contribution >= 0.6 is 0 Å². The molecule has 1 unspecified atom stereocenters. The first kappa shape index (κ1) is 46.5. The van der Waals surface area contributed by atoms with Crippen LogP contribution in [0.5, 0.6) is 0 Å². The number of furan rings is 1. The highest BCUT2D eigenvalue weighted by molar-refractivity contribution is 6.11. The molecule has 81 heavy (non-hydrogen) atoms. The molecule has 16 aromatic rings. The summed E-state index contributed by atoms with van der Waals surface area (Å²) < 4.78 is 8.94. The summed E-state index contributed by atoms with van der Waals surface area (Å²) in [6.07, 6.45) is 0. The predicted molar refractivity (Wildman–Crippen MR) is 342 cm³/mol. The van der Waals surface area contributed by atoms with E-state index in [0.29, 0.717) is 0 Å². The molecule has 0 aliphatic heterocycles. The molecule has 0 saturated heterocycles. The van der Waals surface area contributed by atoms with Gasteiger partial charge < -0.3 is 8.98 Å². The van der Waals surface area contributed by atoms with Crippen LogP contribution in [0.15, 0.2) is 308 Å². The molecule has 14 aromatic carbocycles. The quantitative estimate of drug-likeness (QED) is 0.132. The monoisotopic (exact) mass is 1030 g/mol. The van der Waals surface area contributed by atoms with Gasteiger partial charge in [-0.2, -0.15) is 0 Å². The number of rotatable bonds is 9. The van der Waals surface area contributed by atoms with Gasteiger partial charge in [-0.05, 0) is 148 Å². The second kappa shape index (κ2) is 19.1. The van der Waals surface area contributed by atoms with E-state index in [-0.39, 0.29) is 5.92 Å². The molecule has 0 N–H and O–H groups in total. The molecule has 0 amide bonds. The Morgan fingerprint density at radius 2 is 0.716 bits per heavy atom. The van der Waals surface area contributed by atoms with E-state index in [0.717, 1.165) is 44.3 Å². The van der Waals surface area contributed by atoms with Crippen molar-refractivity contribution in [3.05, 3.63) is 320 Å². The van der Waals surface area contributed by atoms with Gasteiger partial charge >= 0.3 is 0 Å². The van der Waals surface area contributed by atoms with Gasteiger partial charge in [0.15, 0.2) is 0 Å². The van der Waals surface area contributed by atoms with Crippen LogP contribution in [-0.2, 0) is 0 Å². The molecule has 2 heteroatoms. The lowest BCUT2D eigenvalue weighted by Gasteiger charge is -2.26. The second-order valence-electron chi connectivity index (χ2n) is 21.4. The molecule has 2 nitrogen and oxygen atoms in total. The fourth-order valence-corrected chi connectivity index (χ4v) is 13.2. The molecule has 16 rings (SSSR count). The molecule has 1 atom stereocenters. The number of aromatic nitrogens is 1. The maximum Gasteiger partial charge on any atom is 0.135 e. The molecule has 0 aliphatic rings. The van der Waals surface area contributed by atoms with E-state index in [1.165, 1.54) is 110 Å². The minimum atomic E-state index is -0.200. The first-order valence-corrected chi connectivity index (χ1v) is 28.0. The molecular weight excluding hydrogens is 979 g/mol. The summed E-state index contributed by atoms with van der Waals surface area (Å²) in [6, 6.07) is 112. The molecule has 2 aromatic heterocycles. The van der Waals surface area contributed by atoms with Crippen LogP contribution in [0.3, 0.4) is 0 Å². The number of fused-ring (bicyclic) bond motifs is 9. The van der Waals surface area contributed by atoms with Crippen molar-refractivity contribution in [2.24, 2.45) is 0 Å².